The van der Waals surface area contributed by atoms with E-state index in [1.54, 1.807) is 0 Å². The zero-order valence-corrected chi connectivity index (χ0v) is 9.79. The smallest absolute Gasteiger partial charge is 0.0376 e. The predicted octanol–water partition coefficient (Wildman–Crippen LogP) is 4.02. The van der Waals surface area contributed by atoms with Gasteiger partial charge >= 0.3 is 0 Å². The van der Waals surface area contributed by atoms with Crippen LogP contribution in [0.5, 0.6) is 0 Å². The summed E-state index contributed by atoms with van der Waals surface area (Å²) in [5.74, 6) is 1.59. The van der Waals surface area contributed by atoms with E-state index >= 15 is 0 Å². The van der Waals surface area contributed by atoms with Crippen molar-refractivity contribution in [1.29, 1.82) is 0 Å². The van der Waals surface area contributed by atoms with Crippen LogP contribution in [0, 0.1) is 5.92 Å². The van der Waals surface area contributed by atoms with Crippen LogP contribution >= 0.6 is 0 Å². The first-order valence-corrected chi connectivity index (χ1v) is 6.14. The Labute approximate surface area is 92.9 Å². The molecule has 0 radical (unpaired) electrons. The van der Waals surface area contributed by atoms with Gasteiger partial charge in [0.25, 0.3) is 0 Å². The Hall–Kier alpha value is -0.980. The molecule has 2 unspecified atom stereocenters. The zero-order chi connectivity index (χ0) is 10.7. The molecule has 0 aromatic heterocycles. The summed E-state index contributed by atoms with van der Waals surface area (Å²) in [5, 5.41) is 3.50. The summed E-state index contributed by atoms with van der Waals surface area (Å²) in [6.45, 7) is 5.79. The van der Waals surface area contributed by atoms with Crippen molar-refractivity contribution in [2.45, 2.75) is 39.0 Å². The van der Waals surface area contributed by atoms with Crippen LogP contribution in [-0.4, -0.2) is 6.54 Å². The lowest BCUT2D eigenvalue weighted by Gasteiger charge is -2.15. The van der Waals surface area contributed by atoms with Gasteiger partial charge in [-0.3, -0.25) is 0 Å². The number of para-hydroxylation sites is 1. The monoisotopic (exact) mass is 203 g/mol. The predicted molar refractivity (Wildman–Crippen MR) is 66.4 cm³/mol. The van der Waals surface area contributed by atoms with E-state index in [0.29, 0.717) is 0 Å². The molecular formula is C14H21N. The van der Waals surface area contributed by atoms with Gasteiger partial charge in [-0.1, -0.05) is 44.9 Å². The van der Waals surface area contributed by atoms with Crippen LogP contribution in [0.2, 0.25) is 0 Å². The van der Waals surface area contributed by atoms with E-state index in [1.165, 1.54) is 30.5 Å². The summed E-state index contributed by atoms with van der Waals surface area (Å²) in [6, 6.07) is 8.74. The van der Waals surface area contributed by atoms with Crippen LogP contribution < -0.4 is 5.32 Å². The zero-order valence-electron chi connectivity index (χ0n) is 9.79. The minimum absolute atomic E-state index is 0.739. The standard InChI is InChI=1S/C14H21N/c1-3-6-11(2)9-12-10-15-14-8-5-4-7-13(12)14/h4-5,7-8,11-12,15H,3,6,9-10H2,1-2H3. The molecule has 0 aliphatic carbocycles. The second-order valence-electron chi connectivity index (χ2n) is 4.79. The molecule has 0 fully saturated rings. The highest BCUT2D eigenvalue weighted by molar-refractivity contribution is 5.57. The fourth-order valence-electron chi connectivity index (χ4n) is 2.66. The lowest BCUT2D eigenvalue weighted by atomic mass is 9.89. The maximum absolute atomic E-state index is 3.50. The number of benzene rings is 1. The van der Waals surface area contributed by atoms with Crippen molar-refractivity contribution in [2.75, 3.05) is 11.9 Å². The van der Waals surface area contributed by atoms with Gasteiger partial charge in [-0.15, -0.1) is 0 Å². The molecule has 82 valence electrons. The van der Waals surface area contributed by atoms with Crippen molar-refractivity contribution in [3.8, 4) is 0 Å². The lowest BCUT2D eigenvalue weighted by Crippen LogP contribution is -2.07. The van der Waals surface area contributed by atoms with Gasteiger partial charge in [-0.2, -0.15) is 0 Å². The van der Waals surface area contributed by atoms with Gasteiger partial charge in [0.15, 0.2) is 0 Å². The highest BCUT2D eigenvalue weighted by Crippen LogP contribution is 2.35. The third-order valence-corrected chi connectivity index (χ3v) is 3.41. The summed E-state index contributed by atoms with van der Waals surface area (Å²) in [7, 11) is 0. The minimum atomic E-state index is 0.739. The Balaban J connectivity index is 2.01. The van der Waals surface area contributed by atoms with Gasteiger partial charge in [-0.05, 0) is 24.0 Å². The molecule has 0 saturated heterocycles. The molecule has 1 nitrogen and oxygen atoms in total. The molecule has 0 saturated carbocycles. The number of nitrogens with one attached hydrogen (secondary N) is 1. The van der Waals surface area contributed by atoms with Gasteiger partial charge < -0.3 is 5.32 Å². The van der Waals surface area contributed by atoms with Gasteiger partial charge in [0.1, 0.15) is 0 Å². The fraction of sp³-hybridized carbons (Fsp3) is 0.571. The van der Waals surface area contributed by atoms with Crippen molar-refractivity contribution in [1.82, 2.24) is 0 Å². The Bertz CT molecular complexity index is 319. The van der Waals surface area contributed by atoms with Crippen LogP contribution in [-0.2, 0) is 0 Å². The Morgan fingerprint density at radius 1 is 1.40 bits per heavy atom. The molecule has 0 bridgehead atoms. The average molecular weight is 203 g/mol. The van der Waals surface area contributed by atoms with E-state index in [4.69, 9.17) is 0 Å². The molecule has 1 aliphatic heterocycles. The summed E-state index contributed by atoms with van der Waals surface area (Å²) >= 11 is 0. The van der Waals surface area contributed by atoms with E-state index in [9.17, 15) is 0 Å². The second kappa shape index (κ2) is 4.69. The molecule has 1 heterocycles. The molecule has 1 aromatic carbocycles. The van der Waals surface area contributed by atoms with E-state index in [-0.39, 0.29) is 0 Å². The number of hydrogen-bond acceptors (Lipinski definition) is 1. The third-order valence-electron chi connectivity index (χ3n) is 3.41. The van der Waals surface area contributed by atoms with Gasteiger partial charge in [0.2, 0.25) is 0 Å². The van der Waals surface area contributed by atoms with Crippen molar-refractivity contribution >= 4 is 5.69 Å². The van der Waals surface area contributed by atoms with Crippen molar-refractivity contribution < 1.29 is 0 Å². The number of fused-ring (bicyclic) bond motifs is 1. The largest absolute Gasteiger partial charge is 0.384 e. The average Bonchev–Trinajstić information content (AvgIpc) is 2.62. The lowest BCUT2D eigenvalue weighted by molar-refractivity contribution is 0.448. The van der Waals surface area contributed by atoms with Crippen LogP contribution in [0.3, 0.4) is 0 Å². The normalized spacial score (nSPS) is 20.8. The first kappa shape index (κ1) is 10.5. The van der Waals surface area contributed by atoms with Crippen LogP contribution in [0.15, 0.2) is 24.3 Å². The number of anilines is 1. The minimum Gasteiger partial charge on any atom is -0.384 e. The molecule has 1 aliphatic rings. The maximum atomic E-state index is 3.50. The summed E-state index contributed by atoms with van der Waals surface area (Å²) < 4.78 is 0. The first-order chi connectivity index (χ1) is 7.31. The molecule has 1 aromatic rings. The highest BCUT2D eigenvalue weighted by atomic mass is 14.9. The SMILES string of the molecule is CCCC(C)CC1CNc2ccccc21. The highest BCUT2D eigenvalue weighted by Gasteiger charge is 2.22. The van der Waals surface area contributed by atoms with E-state index in [1.807, 2.05) is 0 Å². The molecule has 0 amide bonds. The van der Waals surface area contributed by atoms with E-state index in [2.05, 4.69) is 43.4 Å². The third kappa shape index (κ3) is 2.34. The fourth-order valence-corrected chi connectivity index (χ4v) is 2.66. The first-order valence-electron chi connectivity index (χ1n) is 6.14. The molecule has 15 heavy (non-hydrogen) atoms. The van der Waals surface area contributed by atoms with Crippen LogP contribution in [0.4, 0.5) is 5.69 Å². The molecule has 2 atom stereocenters. The Morgan fingerprint density at radius 3 is 3.00 bits per heavy atom. The van der Waals surface area contributed by atoms with Gasteiger partial charge in [-0.25, -0.2) is 0 Å². The van der Waals surface area contributed by atoms with E-state index in [0.717, 1.165) is 18.4 Å². The Kier molecular flexibility index (Phi) is 3.30. The van der Waals surface area contributed by atoms with E-state index < -0.39 is 0 Å². The van der Waals surface area contributed by atoms with Crippen LogP contribution in [0.25, 0.3) is 0 Å². The molecule has 1 N–H and O–H groups in total. The quantitative estimate of drug-likeness (QED) is 0.779. The topological polar surface area (TPSA) is 12.0 Å². The molecular weight excluding hydrogens is 182 g/mol. The second-order valence-corrected chi connectivity index (χ2v) is 4.79. The number of hydrogen-bond donors (Lipinski definition) is 1. The van der Waals surface area contributed by atoms with Gasteiger partial charge in [0, 0.05) is 18.2 Å². The van der Waals surface area contributed by atoms with Crippen LogP contribution in [0.1, 0.15) is 44.6 Å². The summed E-state index contributed by atoms with van der Waals surface area (Å²) in [6.07, 6.45) is 4.00. The van der Waals surface area contributed by atoms with Crippen molar-refractivity contribution in [3.63, 3.8) is 0 Å². The van der Waals surface area contributed by atoms with Crippen molar-refractivity contribution in [3.05, 3.63) is 29.8 Å². The number of rotatable bonds is 4. The molecule has 1 heteroatoms. The summed E-state index contributed by atoms with van der Waals surface area (Å²) in [5.41, 5.74) is 2.88. The summed E-state index contributed by atoms with van der Waals surface area (Å²) in [4.78, 5) is 0. The molecule has 2 rings (SSSR count). The van der Waals surface area contributed by atoms with Crippen molar-refractivity contribution in [2.24, 2.45) is 5.92 Å². The maximum Gasteiger partial charge on any atom is 0.0376 e. The molecule has 0 spiro atoms. The van der Waals surface area contributed by atoms with Gasteiger partial charge in [0.05, 0.1) is 0 Å². The Morgan fingerprint density at radius 2 is 2.20 bits per heavy atom.